The molecule has 2 aromatic carbocycles. The van der Waals surface area contributed by atoms with E-state index in [9.17, 15) is 17.7 Å². The van der Waals surface area contributed by atoms with Crippen LogP contribution in [0.15, 0.2) is 48.5 Å². The van der Waals surface area contributed by atoms with Crippen LogP contribution in [-0.2, 0) is 19.8 Å². The zero-order valence-corrected chi connectivity index (χ0v) is 15.9. The second-order valence-electron chi connectivity index (χ2n) is 6.61. The van der Waals surface area contributed by atoms with Crippen molar-refractivity contribution in [3.05, 3.63) is 65.2 Å². The molecule has 1 fully saturated rings. The molecule has 1 aliphatic heterocycles. The van der Waals surface area contributed by atoms with Crippen molar-refractivity contribution in [1.29, 1.82) is 0 Å². The molecule has 0 saturated carbocycles. The van der Waals surface area contributed by atoms with Crippen molar-refractivity contribution in [3.8, 4) is 0 Å². The standard InChI is InChI=1S/C19H21F3NO3P/c1-13-6-8-15(9-7-13)18(27(24)25-11-10-14(2)26-27)23-17-5-3-4-16(12-17)19(20,21)22/h3-9,12,14,18,23H,10-11H2,1-2H3/t14-,18+,27+/m1/s1. The first kappa shape index (κ1) is 19.9. The maximum absolute atomic E-state index is 13.4. The first-order chi connectivity index (χ1) is 12.7. The minimum absolute atomic E-state index is 0.191. The van der Waals surface area contributed by atoms with Crippen molar-refractivity contribution >= 4 is 13.3 Å². The molecule has 0 unspecified atom stereocenters. The zero-order valence-electron chi connectivity index (χ0n) is 15.0. The number of anilines is 1. The highest BCUT2D eigenvalue weighted by Crippen LogP contribution is 2.63. The number of hydrogen-bond acceptors (Lipinski definition) is 4. The molecule has 0 amide bonds. The van der Waals surface area contributed by atoms with Crippen molar-refractivity contribution in [1.82, 2.24) is 0 Å². The Balaban J connectivity index is 1.98. The fourth-order valence-corrected chi connectivity index (χ4v) is 5.00. The van der Waals surface area contributed by atoms with Crippen LogP contribution in [0.4, 0.5) is 18.9 Å². The van der Waals surface area contributed by atoms with Gasteiger partial charge in [0, 0.05) is 5.69 Å². The predicted octanol–water partition coefficient (Wildman–Crippen LogP) is 6.14. The van der Waals surface area contributed by atoms with Crippen LogP contribution in [0.5, 0.6) is 0 Å². The maximum atomic E-state index is 13.4. The lowest BCUT2D eigenvalue weighted by Gasteiger charge is -2.34. The molecule has 1 saturated heterocycles. The second-order valence-corrected chi connectivity index (χ2v) is 8.68. The van der Waals surface area contributed by atoms with Crippen LogP contribution in [-0.4, -0.2) is 12.7 Å². The Morgan fingerprint density at radius 2 is 1.89 bits per heavy atom. The fourth-order valence-electron chi connectivity index (χ4n) is 2.85. The molecular weight excluding hydrogens is 378 g/mol. The van der Waals surface area contributed by atoms with Gasteiger partial charge in [0.1, 0.15) is 0 Å². The van der Waals surface area contributed by atoms with Crippen LogP contribution in [0.2, 0.25) is 0 Å². The summed E-state index contributed by atoms with van der Waals surface area (Å²) in [5.41, 5.74) is 1.03. The maximum Gasteiger partial charge on any atom is 0.416 e. The van der Waals surface area contributed by atoms with E-state index in [2.05, 4.69) is 5.32 Å². The highest BCUT2D eigenvalue weighted by molar-refractivity contribution is 7.54. The van der Waals surface area contributed by atoms with Crippen molar-refractivity contribution in [2.75, 3.05) is 11.9 Å². The molecule has 3 rings (SSSR count). The third-order valence-corrected chi connectivity index (χ3v) is 6.58. The Hall–Kier alpha value is -1.82. The molecular formula is C19H21F3NO3P. The number of alkyl halides is 3. The minimum atomic E-state index is -4.46. The summed E-state index contributed by atoms with van der Waals surface area (Å²) in [7, 11) is -3.63. The van der Waals surface area contributed by atoms with Gasteiger partial charge >= 0.3 is 13.8 Å². The number of hydrogen-bond donors (Lipinski definition) is 1. The summed E-state index contributed by atoms with van der Waals surface area (Å²) in [5, 5.41) is 2.94. The van der Waals surface area contributed by atoms with Gasteiger partial charge in [0.15, 0.2) is 5.78 Å². The molecule has 0 aromatic heterocycles. The summed E-state index contributed by atoms with van der Waals surface area (Å²) in [6.45, 7) is 3.98. The van der Waals surface area contributed by atoms with Crippen molar-refractivity contribution in [2.24, 2.45) is 0 Å². The normalized spacial score (nSPS) is 24.4. The van der Waals surface area contributed by atoms with Crippen LogP contribution in [0, 0.1) is 6.92 Å². The lowest BCUT2D eigenvalue weighted by molar-refractivity contribution is -0.137. The lowest BCUT2D eigenvalue weighted by atomic mass is 10.1. The molecule has 1 N–H and O–H groups in total. The quantitative estimate of drug-likeness (QED) is 0.627. The van der Waals surface area contributed by atoms with Crippen LogP contribution in [0.1, 0.15) is 35.8 Å². The van der Waals surface area contributed by atoms with Gasteiger partial charge in [-0.3, -0.25) is 4.57 Å². The monoisotopic (exact) mass is 399 g/mol. The third-order valence-electron chi connectivity index (χ3n) is 4.33. The van der Waals surface area contributed by atoms with E-state index in [4.69, 9.17) is 9.05 Å². The van der Waals surface area contributed by atoms with E-state index in [-0.39, 0.29) is 18.4 Å². The van der Waals surface area contributed by atoms with Crippen molar-refractivity contribution in [3.63, 3.8) is 0 Å². The lowest BCUT2D eigenvalue weighted by Crippen LogP contribution is -2.23. The highest BCUT2D eigenvalue weighted by Gasteiger charge is 2.41. The molecule has 0 radical (unpaired) electrons. The van der Waals surface area contributed by atoms with Gasteiger partial charge in [0.05, 0.1) is 18.3 Å². The van der Waals surface area contributed by atoms with Crippen molar-refractivity contribution < 1.29 is 26.8 Å². The Kier molecular flexibility index (Phi) is 5.65. The molecule has 0 aliphatic carbocycles. The largest absolute Gasteiger partial charge is 0.416 e. The first-order valence-corrected chi connectivity index (χ1v) is 10.2. The molecule has 3 atom stereocenters. The van der Waals surface area contributed by atoms with Gasteiger partial charge in [-0.05, 0) is 44.0 Å². The SMILES string of the molecule is Cc1ccc([C@@H](Nc2cccc(C(F)(F)F)c2)[P@]2(=O)OCC[C@@H](C)O2)cc1. The van der Waals surface area contributed by atoms with Crippen LogP contribution in [0.3, 0.4) is 0 Å². The minimum Gasteiger partial charge on any atom is -0.368 e. The van der Waals surface area contributed by atoms with E-state index in [0.29, 0.717) is 12.0 Å². The molecule has 0 bridgehead atoms. The summed E-state index contributed by atoms with van der Waals surface area (Å²) < 4.78 is 63.6. The Morgan fingerprint density at radius 3 is 2.52 bits per heavy atom. The first-order valence-electron chi connectivity index (χ1n) is 8.60. The summed E-state index contributed by atoms with van der Waals surface area (Å²) >= 11 is 0. The van der Waals surface area contributed by atoms with Crippen LogP contribution in [0.25, 0.3) is 0 Å². The predicted molar refractivity (Wildman–Crippen MR) is 97.7 cm³/mol. The third kappa shape index (κ3) is 4.72. The molecule has 27 heavy (non-hydrogen) atoms. The van der Waals surface area contributed by atoms with Crippen LogP contribution >= 0.6 is 7.60 Å². The fraction of sp³-hybridized carbons (Fsp3) is 0.368. The van der Waals surface area contributed by atoms with E-state index in [1.165, 1.54) is 12.1 Å². The second kappa shape index (κ2) is 7.66. The van der Waals surface area contributed by atoms with E-state index < -0.39 is 25.1 Å². The van der Waals surface area contributed by atoms with Gasteiger partial charge in [0.2, 0.25) is 0 Å². The van der Waals surface area contributed by atoms with Gasteiger partial charge in [-0.2, -0.15) is 13.2 Å². The molecule has 0 spiro atoms. The summed E-state index contributed by atoms with van der Waals surface area (Å²) in [6.07, 6.45) is -4.12. The average molecular weight is 399 g/mol. The molecule has 8 heteroatoms. The summed E-state index contributed by atoms with van der Waals surface area (Å²) in [5.74, 6) is -0.913. The Labute approximate surface area is 156 Å². The van der Waals surface area contributed by atoms with E-state index in [1.54, 1.807) is 19.1 Å². The number of benzene rings is 2. The number of halogens is 3. The van der Waals surface area contributed by atoms with Gasteiger partial charge in [-0.25, -0.2) is 0 Å². The van der Waals surface area contributed by atoms with E-state index in [0.717, 1.165) is 17.7 Å². The molecule has 146 valence electrons. The Bertz CT molecular complexity index is 839. The Morgan fingerprint density at radius 1 is 1.19 bits per heavy atom. The topological polar surface area (TPSA) is 47.6 Å². The van der Waals surface area contributed by atoms with E-state index in [1.807, 2.05) is 19.1 Å². The van der Waals surface area contributed by atoms with Crippen molar-refractivity contribution in [2.45, 2.75) is 38.3 Å². The van der Waals surface area contributed by atoms with Gasteiger partial charge in [-0.1, -0.05) is 35.9 Å². The molecule has 4 nitrogen and oxygen atoms in total. The molecule has 1 heterocycles. The van der Waals surface area contributed by atoms with Gasteiger partial charge in [-0.15, -0.1) is 0 Å². The smallest absolute Gasteiger partial charge is 0.368 e. The van der Waals surface area contributed by atoms with Gasteiger partial charge in [0.25, 0.3) is 0 Å². The molecule has 2 aromatic rings. The summed E-state index contributed by atoms with van der Waals surface area (Å²) in [4.78, 5) is 0. The highest BCUT2D eigenvalue weighted by atomic mass is 31.2. The van der Waals surface area contributed by atoms with Gasteiger partial charge < -0.3 is 14.4 Å². The van der Waals surface area contributed by atoms with E-state index >= 15 is 0 Å². The number of aryl methyl sites for hydroxylation is 1. The average Bonchev–Trinajstić information content (AvgIpc) is 2.60. The van der Waals surface area contributed by atoms with Crippen LogP contribution < -0.4 is 5.32 Å². The number of rotatable bonds is 4. The zero-order chi connectivity index (χ0) is 19.7. The molecule has 1 aliphatic rings. The number of nitrogens with one attached hydrogen (secondary N) is 1. The summed E-state index contributed by atoms with van der Waals surface area (Å²) in [6, 6.07) is 12.0.